The largest absolute Gasteiger partial charge is 0.569 e. The number of hydrazine groups is 1. The number of carbonyl (C=O) groups is 2. The SMILES string of the molecule is COC(=O)OCO/N=[N+](\[O-])N(C)CCC(=O)NS(=O)(=O)c1ccc(-n2nc(C(F)(F)F)cc2-c2ccc(C)cc2)cc1. The Hall–Kier alpha value is -4.87. The van der Waals surface area contributed by atoms with Crippen molar-refractivity contribution in [2.45, 2.75) is 24.4 Å². The van der Waals surface area contributed by atoms with Crippen LogP contribution in [0.15, 0.2) is 64.8 Å². The van der Waals surface area contributed by atoms with Gasteiger partial charge in [0, 0.05) is 5.56 Å². The molecule has 2 aromatic carbocycles. The van der Waals surface area contributed by atoms with Crippen molar-refractivity contribution in [3.8, 4) is 16.9 Å². The zero-order valence-electron chi connectivity index (χ0n) is 22.4. The lowest BCUT2D eigenvalue weighted by Crippen LogP contribution is -2.35. The molecule has 0 saturated carbocycles. The topological polar surface area (TPSA) is 167 Å². The zero-order chi connectivity index (χ0) is 31.1. The van der Waals surface area contributed by atoms with Crippen molar-refractivity contribution >= 4 is 22.1 Å². The molecule has 0 saturated heterocycles. The number of nitrogens with one attached hydrogen (secondary N) is 1. The molecule has 0 aliphatic carbocycles. The number of nitrogens with zero attached hydrogens (tertiary/aromatic N) is 5. The Balaban J connectivity index is 1.68. The Kier molecular flexibility index (Phi) is 9.95. The van der Waals surface area contributed by atoms with E-state index in [1.807, 2.05) is 11.6 Å². The standard InChI is InChI=1S/C24H25F3N6O8S/c1-16-4-6-17(7-5-16)20-14-21(24(25,26)27)28-32(20)18-8-10-19(11-9-18)42(37,38)29-22(34)12-13-31(2)33(36)30-41-15-40-23(35)39-3/h4-11,14H,12-13,15H2,1-3H3,(H,29,34)/b33-30-. The van der Waals surface area contributed by atoms with Gasteiger partial charge < -0.3 is 19.5 Å². The first-order valence-corrected chi connectivity index (χ1v) is 13.3. The zero-order valence-corrected chi connectivity index (χ0v) is 23.2. The Morgan fingerprint density at radius 3 is 2.38 bits per heavy atom. The molecule has 3 rings (SSSR count). The second-order valence-electron chi connectivity index (χ2n) is 8.52. The van der Waals surface area contributed by atoms with Crippen LogP contribution in [-0.2, 0) is 35.3 Å². The highest BCUT2D eigenvalue weighted by Gasteiger charge is 2.35. The van der Waals surface area contributed by atoms with E-state index in [0.29, 0.717) is 5.56 Å². The van der Waals surface area contributed by atoms with Crippen LogP contribution < -0.4 is 4.72 Å². The fraction of sp³-hybridized carbons (Fsp3) is 0.292. The first-order valence-electron chi connectivity index (χ1n) is 11.8. The molecule has 18 heteroatoms. The molecule has 1 N–H and O–H groups in total. The minimum atomic E-state index is -4.71. The summed E-state index contributed by atoms with van der Waals surface area (Å²) < 4.78 is 77.1. The number of aromatic nitrogens is 2. The van der Waals surface area contributed by atoms with E-state index in [4.69, 9.17) is 0 Å². The van der Waals surface area contributed by atoms with E-state index in [-0.39, 0.29) is 27.8 Å². The Morgan fingerprint density at radius 2 is 1.79 bits per heavy atom. The normalized spacial score (nSPS) is 12.0. The molecular formula is C24H25F3N6O8S. The molecule has 0 atom stereocenters. The summed E-state index contributed by atoms with van der Waals surface area (Å²) in [6.45, 7) is 0.834. The molecule has 3 aromatic rings. The monoisotopic (exact) mass is 614 g/mol. The number of methoxy groups -OCH3 is 1. The van der Waals surface area contributed by atoms with Gasteiger partial charge in [-0.15, -0.1) is 5.01 Å². The number of rotatable bonds is 11. The predicted molar refractivity (Wildman–Crippen MR) is 137 cm³/mol. The lowest BCUT2D eigenvalue weighted by atomic mass is 10.1. The maximum absolute atomic E-state index is 13.4. The third kappa shape index (κ3) is 8.32. The fourth-order valence-corrected chi connectivity index (χ4v) is 4.30. The molecule has 14 nitrogen and oxygen atoms in total. The highest BCUT2D eigenvalue weighted by molar-refractivity contribution is 7.90. The third-order valence-electron chi connectivity index (χ3n) is 5.47. The van der Waals surface area contributed by atoms with Gasteiger partial charge in [-0.1, -0.05) is 29.8 Å². The maximum Gasteiger partial charge on any atom is 0.510 e. The van der Waals surface area contributed by atoms with Crippen molar-refractivity contribution < 1.29 is 50.5 Å². The second kappa shape index (κ2) is 13.2. The summed E-state index contributed by atoms with van der Waals surface area (Å²) >= 11 is 0. The van der Waals surface area contributed by atoms with Crippen LogP contribution >= 0.6 is 0 Å². The number of aryl methyl sites for hydroxylation is 1. The van der Waals surface area contributed by atoms with Crippen LogP contribution in [0.2, 0.25) is 0 Å². The molecule has 0 aliphatic rings. The molecule has 0 spiro atoms. The van der Waals surface area contributed by atoms with E-state index in [1.54, 1.807) is 24.3 Å². The summed E-state index contributed by atoms with van der Waals surface area (Å²) in [5, 5.41) is 19.4. The molecule has 0 bridgehead atoms. The van der Waals surface area contributed by atoms with Crippen molar-refractivity contribution in [2.75, 3.05) is 27.5 Å². The lowest BCUT2D eigenvalue weighted by Gasteiger charge is -2.13. The Labute approximate surface area is 237 Å². The van der Waals surface area contributed by atoms with Crippen molar-refractivity contribution in [1.29, 1.82) is 0 Å². The predicted octanol–water partition coefficient (Wildman–Crippen LogP) is 3.54. The number of halogens is 3. The van der Waals surface area contributed by atoms with E-state index < -0.39 is 47.2 Å². The summed E-state index contributed by atoms with van der Waals surface area (Å²) in [4.78, 5) is 27.1. The van der Waals surface area contributed by atoms with Crippen LogP contribution in [0.5, 0.6) is 0 Å². The number of ether oxygens (including phenoxy) is 2. The Bertz CT molecular complexity index is 1540. The molecular weight excluding hydrogens is 589 g/mol. The number of carbonyl (C=O) groups excluding carboxylic acids is 2. The molecule has 1 heterocycles. The Morgan fingerprint density at radius 1 is 1.14 bits per heavy atom. The minimum absolute atomic E-state index is 0.0640. The number of sulfonamides is 1. The maximum atomic E-state index is 13.4. The van der Waals surface area contributed by atoms with Crippen LogP contribution in [0.25, 0.3) is 16.9 Å². The van der Waals surface area contributed by atoms with Gasteiger partial charge in [0.1, 0.15) is 0 Å². The van der Waals surface area contributed by atoms with E-state index in [1.165, 1.54) is 19.2 Å². The van der Waals surface area contributed by atoms with Crippen LogP contribution in [-0.4, -0.2) is 67.7 Å². The number of hydrogen-bond donors (Lipinski definition) is 1. The minimum Gasteiger partial charge on any atom is -0.569 e. The van der Waals surface area contributed by atoms with Crippen molar-refractivity contribution in [2.24, 2.45) is 5.28 Å². The second-order valence-corrected chi connectivity index (χ2v) is 10.2. The van der Waals surface area contributed by atoms with E-state index in [2.05, 4.69) is 24.7 Å². The first-order chi connectivity index (χ1) is 19.7. The number of hydrogen-bond acceptors (Lipinski definition) is 10. The first kappa shape index (κ1) is 31.7. The molecule has 0 unspecified atom stereocenters. The van der Waals surface area contributed by atoms with Crippen LogP contribution in [0.3, 0.4) is 0 Å². The van der Waals surface area contributed by atoms with Gasteiger partial charge in [-0.2, -0.15) is 18.3 Å². The van der Waals surface area contributed by atoms with Crippen molar-refractivity contribution in [3.05, 3.63) is 71.1 Å². The smallest absolute Gasteiger partial charge is 0.510 e. The molecule has 0 fully saturated rings. The molecule has 226 valence electrons. The van der Waals surface area contributed by atoms with Gasteiger partial charge >= 0.3 is 12.3 Å². The molecule has 1 aromatic heterocycles. The summed E-state index contributed by atoms with van der Waals surface area (Å²) in [7, 11) is -2.08. The van der Waals surface area contributed by atoms with Gasteiger partial charge in [0.15, 0.2) is 5.69 Å². The van der Waals surface area contributed by atoms with E-state index in [0.717, 1.165) is 40.6 Å². The average molecular weight is 615 g/mol. The summed E-state index contributed by atoms with van der Waals surface area (Å²) in [6.07, 6.45) is -6.23. The van der Waals surface area contributed by atoms with Gasteiger partial charge in [-0.3, -0.25) is 4.79 Å². The quantitative estimate of drug-likeness (QED) is 0.0842. The third-order valence-corrected chi connectivity index (χ3v) is 6.85. The molecule has 42 heavy (non-hydrogen) atoms. The number of alkyl halides is 3. The summed E-state index contributed by atoms with van der Waals surface area (Å²) in [5.41, 5.74) is 0.518. The molecule has 0 radical (unpaired) electrons. The van der Waals surface area contributed by atoms with Crippen molar-refractivity contribution in [1.82, 2.24) is 19.5 Å². The number of benzene rings is 2. The van der Waals surface area contributed by atoms with E-state index >= 15 is 0 Å². The van der Waals surface area contributed by atoms with E-state index in [9.17, 15) is 36.4 Å². The number of amides is 1. The van der Waals surface area contributed by atoms with Gasteiger partial charge in [-0.05, 0) is 37.3 Å². The average Bonchev–Trinajstić information content (AvgIpc) is 3.40. The van der Waals surface area contributed by atoms with Gasteiger partial charge in [0.05, 0.1) is 48.4 Å². The van der Waals surface area contributed by atoms with Gasteiger partial charge in [-0.25, -0.2) is 22.6 Å². The summed E-state index contributed by atoms with van der Waals surface area (Å²) in [6, 6.07) is 12.4. The van der Waals surface area contributed by atoms with Crippen molar-refractivity contribution in [3.63, 3.8) is 0 Å². The van der Waals surface area contributed by atoms with Gasteiger partial charge in [0.25, 0.3) is 16.8 Å². The summed E-state index contributed by atoms with van der Waals surface area (Å²) in [5.74, 6) is -0.960. The van der Waals surface area contributed by atoms with Crippen LogP contribution in [0.1, 0.15) is 17.7 Å². The van der Waals surface area contributed by atoms with Gasteiger partial charge in [0.2, 0.25) is 11.2 Å². The molecule has 0 aliphatic heterocycles. The lowest BCUT2D eigenvalue weighted by molar-refractivity contribution is -0.706. The molecule has 1 amide bonds. The highest BCUT2D eigenvalue weighted by atomic mass is 32.2. The highest BCUT2D eigenvalue weighted by Crippen LogP contribution is 2.33. The van der Waals surface area contributed by atoms with Crippen LogP contribution in [0, 0.1) is 12.1 Å². The van der Waals surface area contributed by atoms with Crippen LogP contribution in [0.4, 0.5) is 18.0 Å². The fourth-order valence-electron chi connectivity index (χ4n) is 3.29.